The standard InChI is InChI=1S/C21H25N5O8S/c1-32-20-18(15-3-2-6-25(15)24-20)35(30,31)26-9-14(8-22-19(27)12-10-33-11-12)34-17-5-4-13(7-16(17)26)23-21(28)29/h4-5,7,12,14,23H,2-3,6,8-11H2,1H3,(H,22,27)(H,28,29). The fraction of sp³-hybridized carbons (Fsp3) is 0.476. The average molecular weight is 508 g/mol. The van der Waals surface area contributed by atoms with Gasteiger partial charge in [-0.15, -0.1) is 5.10 Å². The molecule has 0 aliphatic carbocycles. The van der Waals surface area contributed by atoms with E-state index in [-0.39, 0.29) is 52.8 Å². The van der Waals surface area contributed by atoms with Gasteiger partial charge in [-0.05, 0) is 31.0 Å². The highest BCUT2D eigenvalue weighted by molar-refractivity contribution is 7.93. The van der Waals surface area contributed by atoms with Crippen molar-refractivity contribution < 1.29 is 37.3 Å². The van der Waals surface area contributed by atoms with E-state index in [1.165, 1.54) is 29.6 Å². The first kappa shape index (κ1) is 23.2. The molecule has 5 rings (SSSR count). The van der Waals surface area contributed by atoms with Crippen molar-refractivity contribution in [1.29, 1.82) is 0 Å². The molecule has 0 saturated carbocycles. The Hall–Kier alpha value is -3.52. The highest BCUT2D eigenvalue weighted by atomic mass is 32.2. The van der Waals surface area contributed by atoms with Gasteiger partial charge in [-0.2, -0.15) is 0 Å². The van der Waals surface area contributed by atoms with Crippen molar-refractivity contribution in [1.82, 2.24) is 15.1 Å². The quantitative estimate of drug-likeness (QED) is 0.488. The van der Waals surface area contributed by atoms with Crippen molar-refractivity contribution >= 4 is 33.4 Å². The Bertz CT molecular complexity index is 1270. The van der Waals surface area contributed by atoms with Gasteiger partial charge < -0.3 is 24.6 Å². The van der Waals surface area contributed by atoms with E-state index >= 15 is 0 Å². The number of carboxylic acid groups (broad SMARTS) is 1. The lowest BCUT2D eigenvalue weighted by Crippen LogP contribution is -2.50. The lowest BCUT2D eigenvalue weighted by molar-refractivity contribution is -0.139. The predicted molar refractivity (Wildman–Crippen MR) is 121 cm³/mol. The zero-order chi connectivity index (χ0) is 24.7. The molecule has 1 saturated heterocycles. The topological polar surface area (TPSA) is 161 Å². The Morgan fingerprint density at radius 2 is 2.11 bits per heavy atom. The summed E-state index contributed by atoms with van der Waals surface area (Å²) in [7, 11) is -2.83. The molecule has 1 fully saturated rings. The SMILES string of the molecule is COc1nn2c(c1S(=O)(=O)N1CC(CNC(=O)C3COC3)Oc3ccc(NC(=O)O)cc31)CCC2. The van der Waals surface area contributed by atoms with Gasteiger partial charge in [-0.1, -0.05) is 0 Å². The maximum absolute atomic E-state index is 14.0. The molecule has 4 heterocycles. The van der Waals surface area contributed by atoms with Crippen molar-refractivity contribution in [3.63, 3.8) is 0 Å². The number of ether oxygens (including phenoxy) is 3. The van der Waals surface area contributed by atoms with E-state index in [0.717, 1.165) is 6.42 Å². The number of benzene rings is 1. The number of sulfonamides is 1. The second kappa shape index (κ2) is 8.92. The highest BCUT2D eigenvalue weighted by Crippen LogP contribution is 2.42. The van der Waals surface area contributed by atoms with Crippen LogP contribution in [-0.4, -0.2) is 74.8 Å². The molecule has 14 heteroatoms. The molecule has 188 valence electrons. The molecule has 3 aliphatic heterocycles. The minimum absolute atomic E-state index is 0.00222. The summed E-state index contributed by atoms with van der Waals surface area (Å²) >= 11 is 0. The van der Waals surface area contributed by atoms with E-state index in [1.807, 2.05) is 0 Å². The Kier molecular flexibility index (Phi) is 5.92. The summed E-state index contributed by atoms with van der Waals surface area (Å²) in [5.74, 6) is -0.168. The third-order valence-electron chi connectivity index (χ3n) is 6.16. The Morgan fingerprint density at radius 3 is 2.80 bits per heavy atom. The van der Waals surface area contributed by atoms with Crippen LogP contribution in [0.4, 0.5) is 16.2 Å². The molecule has 1 atom stereocenters. The normalized spacial score (nSPS) is 19.2. The lowest BCUT2D eigenvalue weighted by Gasteiger charge is -2.36. The summed E-state index contributed by atoms with van der Waals surface area (Å²) < 4.78 is 47.2. The second-order valence-electron chi connectivity index (χ2n) is 8.48. The number of carbonyl (C=O) groups excluding carboxylic acids is 1. The third kappa shape index (κ3) is 4.23. The van der Waals surface area contributed by atoms with E-state index in [2.05, 4.69) is 15.7 Å². The van der Waals surface area contributed by atoms with Crippen LogP contribution in [0.3, 0.4) is 0 Å². The third-order valence-corrected chi connectivity index (χ3v) is 8.01. The van der Waals surface area contributed by atoms with Gasteiger partial charge in [0.1, 0.15) is 11.9 Å². The number of amides is 2. The number of carbonyl (C=O) groups is 2. The second-order valence-corrected chi connectivity index (χ2v) is 10.3. The van der Waals surface area contributed by atoms with Crippen molar-refractivity contribution in [3.8, 4) is 11.6 Å². The summed E-state index contributed by atoms with van der Waals surface area (Å²) in [6.45, 7) is 1.27. The molecule has 0 spiro atoms. The average Bonchev–Trinajstić information content (AvgIpc) is 3.36. The van der Waals surface area contributed by atoms with E-state index in [4.69, 9.17) is 19.3 Å². The molecule has 2 aromatic rings. The van der Waals surface area contributed by atoms with Crippen LogP contribution in [0.2, 0.25) is 0 Å². The first-order valence-electron chi connectivity index (χ1n) is 11.1. The maximum atomic E-state index is 14.0. The van der Waals surface area contributed by atoms with E-state index in [0.29, 0.717) is 31.9 Å². The fourth-order valence-corrected chi connectivity index (χ4v) is 6.21. The van der Waals surface area contributed by atoms with E-state index in [1.54, 1.807) is 4.68 Å². The number of hydrogen-bond donors (Lipinski definition) is 3. The van der Waals surface area contributed by atoms with E-state index in [9.17, 15) is 18.0 Å². The van der Waals surface area contributed by atoms with Crippen LogP contribution in [0.15, 0.2) is 23.1 Å². The molecule has 1 unspecified atom stereocenters. The highest BCUT2D eigenvalue weighted by Gasteiger charge is 2.41. The molecule has 1 aromatic carbocycles. The lowest BCUT2D eigenvalue weighted by atomic mass is 10.1. The first-order chi connectivity index (χ1) is 16.8. The number of rotatable bonds is 7. The molecule has 3 aliphatic rings. The molecule has 2 amide bonds. The zero-order valence-electron chi connectivity index (χ0n) is 18.9. The Balaban J connectivity index is 1.51. The molecule has 35 heavy (non-hydrogen) atoms. The largest absolute Gasteiger partial charge is 0.484 e. The predicted octanol–water partition coefficient (Wildman–Crippen LogP) is 0.647. The van der Waals surface area contributed by atoms with Crippen LogP contribution in [0.1, 0.15) is 12.1 Å². The van der Waals surface area contributed by atoms with Gasteiger partial charge in [0.2, 0.25) is 5.91 Å². The van der Waals surface area contributed by atoms with Gasteiger partial charge >= 0.3 is 6.09 Å². The Labute approximate surface area is 201 Å². The van der Waals surface area contributed by atoms with Crippen molar-refractivity contribution in [2.24, 2.45) is 5.92 Å². The minimum Gasteiger partial charge on any atom is -0.484 e. The van der Waals surface area contributed by atoms with Crippen LogP contribution in [0, 0.1) is 5.92 Å². The number of anilines is 2. The number of fused-ring (bicyclic) bond motifs is 2. The monoisotopic (exact) mass is 507 g/mol. The van der Waals surface area contributed by atoms with Gasteiger partial charge in [0.15, 0.2) is 4.90 Å². The van der Waals surface area contributed by atoms with Crippen LogP contribution >= 0.6 is 0 Å². The Morgan fingerprint density at radius 1 is 1.31 bits per heavy atom. The summed E-state index contributed by atoms with van der Waals surface area (Å²) in [6, 6.07) is 4.37. The van der Waals surface area contributed by atoms with Crippen molar-refractivity contribution in [2.45, 2.75) is 30.4 Å². The number of aryl methyl sites for hydroxylation is 1. The summed E-state index contributed by atoms with van der Waals surface area (Å²) in [5.41, 5.74) is 0.916. The zero-order valence-corrected chi connectivity index (χ0v) is 19.7. The van der Waals surface area contributed by atoms with E-state index < -0.39 is 22.2 Å². The molecular weight excluding hydrogens is 482 g/mol. The molecular formula is C21H25N5O8S. The smallest absolute Gasteiger partial charge is 0.409 e. The summed E-state index contributed by atoms with van der Waals surface area (Å²) in [6.07, 6.45) is -0.671. The maximum Gasteiger partial charge on any atom is 0.409 e. The number of aromatic nitrogens is 2. The van der Waals surface area contributed by atoms with Gasteiger partial charge in [0, 0.05) is 12.2 Å². The van der Waals surface area contributed by atoms with Gasteiger partial charge in [0.05, 0.1) is 50.7 Å². The van der Waals surface area contributed by atoms with Crippen molar-refractivity contribution in [2.75, 3.05) is 43.0 Å². The van der Waals surface area contributed by atoms with Gasteiger partial charge in [0.25, 0.3) is 15.9 Å². The number of methoxy groups -OCH3 is 1. The minimum atomic E-state index is -4.19. The first-order valence-corrected chi connectivity index (χ1v) is 12.5. The number of nitrogens with one attached hydrogen (secondary N) is 2. The molecule has 13 nitrogen and oxygen atoms in total. The number of hydrogen-bond acceptors (Lipinski definition) is 8. The van der Waals surface area contributed by atoms with Crippen LogP contribution in [0.25, 0.3) is 0 Å². The van der Waals surface area contributed by atoms with Crippen LogP contribution in [0.5, 0.6) is 11.6 Å². The van der Waals surface area contributed by atoms with Gasteiger partial charge in [-0.25, -0.2) is 13.2 Å². The molecule has 0 bridgehead atoms. The van der Waals surface area contributed by atoms with Crippen molar-refractivity contribution in [3.05, 3.63) is 23.9 Å². The fourth-order valence-electron chi connectivity index (χ4n) is 4.38. The van der Waals surface area contributed by atoms with Crippen LogP contribution < -0.4 is 24.4 Å². The summed E-state index contributed by atoms with van der Waals surface area (Å²) in [4.78, 5) is 23.4. The van der Waals surface area contributed by atoms with Gasteiger partial charge in [-0.3, -0.25) is 19.1 Å². The molecule has 0 radical (unpaired) electrons. The summed E-state index contributed by atoms with van der Waals surface area (Å²) in [5, 5.41) is 18.4. The number of nitrogens with zero attached hydrogens (tertiary/aromatic N) is 3. The van der Waals surface area contributed by atoms with Crippen LogP contribution in [-0.2, 0) is 32.5 Å². The molecule has 1 aromatic heterocycles. The molecule has 3 N–H and O–H groups in total.